The van der Waals surface area contributed by atoms with Gasteiger partial charge in [0.25, 0.3) is 0 Å². The molecular formula is C14H24N2O3. The van der Waals surface area contributed by atoms with Gasteiger partial charge >= 0.3 is 12.0 Å². The zero-order valence-corrected chi connectivity index (χ0v) is 11.6. The number of carbonyl (C=O) groups is 2. The highest BCUT2D eigenvalue weighted by molar-refractivity contribution is 5.75. The van der Waals surface area contributed by atoms with Crippen LogP contribution in [0.4, 0.5) is 4.79 Å². The van der Waals surface area contributed by atoms with Gasteiger partial charge in [0.2, 0.25) is 0 Å². The molecule has 19 heavy (non-hydrogen) atoms. The van der Waals surface area contributed by atoms with E-state index in [1.54, 1.807) is 0 Å². The Morgan fingerprint density at radius 1 is 1.21 bits per heavy atom. The molecule has 5 nitrogen and oxygen atoms in total. The standard InChI is InChI=1S/C14H24N2O3/c1-2-16(12-5-3-4-6-12)14(19)15-11-8-7-10(9-11)13(17)18/h10-12H,2-9H2,1H3,(H,15,19)(H,17,18). The van der Waals surface area contributed by atoms with Crippen molar-refractivity contribution in [3.05, 3.63) is 0 Å². The summed E-state index contributed by atoms with van der Waals surface area (Å²) in [5.74, 6) is -1.02. The minimum atomic E-state index is -0.736. The van der Waals surface area contributed by atoms with Crippen molar-refractivity contribution in [2.24, 2.45) is 5.92 Å². The molecule has 2 fully saturated rings. The van der Waals surface area contributed by atoms with E-state index in [1.807, 2.05) is 11.8 Å². The number of urea groups is 1. The molecule has 0 heterocycles. The van der Waals surface area contributed by atoms with Gasteiger partial charge in [0.15, 0.2) is 0 Å². The van der Waals surface area contributed by atoms with Crippen LogP contribution in [0.15, 0.2) is 0 Å². The molecule has 108 valence electrons. The number of carboxylic acid groups (broad SMARTS) is 1. The lowest BCUT2D eigenvalue weighted by Crippen LogP contribution is -2.48. The molecule has 0 aromatic carbocycles. The molecule has 2 saturated carbocycles. The summed E-state index contributed by atoms with van der Waals surface area (Å²) in [4.78, 5) is 25.1. The second kappa shape index (κ2) is 6.26. The fourth-order valence-electron chi connectivity index (χ4n) is 3.38. The van der Waals surface area contributed by atoms with E-state index < -0.39 is 5.97 Å². The zero-order valence-electron chi connectivity index (χ0n) is 11.6. The van der Waals surface area contributed by atoms with E-state index in [4.69, 9.17) is 5.11 Å². The Bertz CT molecular complexity index is 340. The normalized spacial score (nSPS) is 27.4. The number of rotatable bonds is 4. The van der Waals surface area contributed by atoms with Crippen LogP contribution in [0.2, 0.25) is 0 Å². The van der Waals surface area contributed by atoms with Crippen molar-refractivity contribution >= 4 is 12.0 Å². The minimum Gasteiger partial charge on any atom is -0.481 e. The average molecular weight is 268 g/mol. The second-order valence-corrected chi connectivity index (χ2v) is 5.72. The van der Waals surface area contributed by atoms with Crippen LogP contribution in [-0.2, 0) is 4.79 Å². The van der Waals surface area contributed by atoms with Crippen LogP contribution in [0.5, 0.6) is 0 Å². The van der Waals surface area contributed by atoms with Crippen LogP contribution in [-0.4, -0.2) is 40.6 Å². The van der Waals surface area contributed by atoms with Crippen LogP contribution in [0, 0.1) is 5.92 Å². The summed E-state index contributed by atoms with van der Waals surface area (Å²) in [5.41, 5.74) is 0. The third kappa shape index (κ3) is 3.39. The molecule has 0 aromatic heterocycles. The number of amides is 2. The van der Waals surface area contributed by atoms with Crippen molar-refractivity contribution in [2.75, 3.05) is 6.54 Å². The molecule has 2 unspecified atom stereocenters. The van der Waals surface area contributed by atoms with E-state index in [-0.39, 0.29) is 18.0 Å². The summed E-state index contributed by atoms with van der Waals surface area (Å²) in [6.07, 6.45) is 6.65. The first kappa shape index (κ1) is 14.2. The van der Waals surface area contributed by atoms with E-state index in [1.165, 1.54) is 12.8 Å². The summed E-state index contributed by atoms with van der Waals surface area (Å²) < 4.78 is 0. The summed E-state index contributed by atoms with van der Waals surface area (Å²) in [6.45, 7) is 2.73. The third-order valence-corrected chi connectivity index (χ3v) is 4.48. The molecule has 2 rings (SSSR count). The maximum atomic E-state index is 12.3. The van der Waals surface area contributed by atoms with E-state index in [0.29, 0.717) is 18.9 Å². The van der Waals surface area contributed by atoms with Crippen molar-refractivity contribution < 1.29 is 14.7 Å². The maximum Gasteiger partial charge on any atom is 0.317 e. The first-order valence-electron chi connectivity index (χ1n) is 7.41. The Balaban J connectivity index is 1.84. The van der Waals surface area contributed by atoms with Gasteiger partial charge in [-0.1, -0.05) is 12.8 Å². The Kier molecular flexibility index (Phi) is 4.66. The van der Waals surface area contributed by atoms with Crippen molar-refractivity contribution in [3.63, 3.8) is 0 Å². The topological polar surface area (TPSA) is 69.6 Å². The van der Waals surface area contributed by atoms with Crippen LogP contribution in [0.25, 0.3) is 0 Å². The predicted molar refractivity (Wildman–Crippen MR) is 71.9 cm³/mol. The molecule has 2 N–H and O–H groups in total. The van der Waals surface area contributed by atoms with Crippen LogP contribution in [0.3, 0.4) is 0 Å². The fraction of sp³-hybridized carbons (Fsp3) is 0.857. The molecule has 2 aliphatic carbocycles. The molecule has 2 atom stereocenters. The highest BCUT2D eigenvalue weighted by Gasteiger charge is 2.32. The maximum absolute atomic E-state index is 12.3. The lowest BCUT2D eigenvalue weighted by molar-refractivity contribution is -0.141. The summed E-state index contributed by atoms with van der Waals surface area (Å²) in [5, 5.41) is 12.0. The minimum absolute atomic E-state index is 0.00885. The Morgan fingerprint density at radius 2 is 1.89 bits per heavy atom. The van der Waals surface area contributed by atoms with Crippen molar-refractivity contribution in [2.45, 2.75) is 64.0 Å². The van der Waals surface area contributed by atoms with Crippen molar-refractivity contribution in [1.29, 1.82) is 0 Å². The van der Waals surface area contributed by atoms with Crippen molar-refractivity contribution in [1.82, 2.24) is 10.2 Å². The Morgan fingerprint density at radius 3 is 2.42 bits per heavy atom. The van der Waals surface area contributed by atoms with Crippen LogP contribution in [0.1, 0.15) is 51.9 Å². The summed E-state index contributed by atoms with van der Waals surface area (Å²) in [6, 6.07) is 0.399. The van der Waals surface area contributed by atoms with Gasteiger partial charge in [-0.2, -0.15) is 0 Å². The molecule has 0 saturated heterocycles. The number of hydrogen-bond donors (Lipinski definition) is 2. The number of hydrogen-bond acceptors (Lipinski definition) is 2. The third-order valence-electron chi connectivity index (χ3n) is 4.48. The highest BCUT2D eigenvalue weighted by Crippen LogP contribution is 2.27. The fourth-order valence-corrected chi connectivity index (χ4v) is 3.38. The molecule has 0 spiro atoms. The first-order chi connectivity index (χ1) is 9.11. The van der Waals surface area contributed by atoms with E-state index in [2.05, 4.69) is 5.32 Å². The zero-order chi connectivity index (χ0) is 13.8. The molecule has 0 radical (unpaired) electrons. The Labute approximate surface area is 114 Å². The van der Waals surface area contributed by atoms with E-state index in [9.17, 15) is 9.59 Å². The lowest BCUT2D eigenvalue weighted by Gasteiger charge is -2.29. The van der Waals surface area contributed by atoms with Crippen molar-refractivity contribution in [3.8, 4) is 0 Å². The number of aliphatic carboxylic acids is 1. The Hall–Kier alpha value is -1.26. The van der Waals surface area contributed by atoms with Crippen LogP contribution >= 0.6 is 0 Å². The number of nitrogens with one attached hydrogen (secondary N) is 1. The summed E-state index contributed by atoms with van der Waals surface area (Å²) >= 11 is 0. The molecule has 0 aliphatic heterocycles. The first-order valence-corrected chi connectivity index (χ1v) is 7.41. The molecule has 5 heteroatoms. The largest absolute Gasteiger partial charge is 0.481 e. The number of carboxylic acids is 1. The lowest BCUT2D eigenvalue weighted by atomic mass is 10.1. The molecular weight excluding hydrogens is 244 g/mol. The monoisotopic (exact) mass is 268 g/mol. The molecule has 0 bridgehead atoms. The molecule has 2 aliphatic rings. The second-order valence-electron chi connectivity index (χ2n) is 5.72. The summed E-state index contributed by atoms with van der Waals surface area (Å²) in [7, 11) is 0. The predicted octanol–water partition coefficient (Wildman–Crippen LogP) is 2.21. The van der Waals surface area contributed by atoms with Gasteiger partial charge in [-0.25, -0.2) is 4.79 Å². The van der Waals surface area contributed by atoms with Gasteiger partial charge < -0.3 is 15.3 Å². The molecule has 0 aromatic rings. The van der Waals surface area contributed by atoms with Gasteiger partial charge in [-0.05, 0) is 39.0 Å². The number of nitrogens with zero attached hydrogens (tertiary/aromatic N) is 1. The molecule has 2 amide bonds. The van der Waals surface area contributed by atoms with Gasteiger partial charge in [-0.15, -0.1) is 0 Å². The van der Waals surface area contributed by atoms with Gasteiger partial charge in [-0.3, -0.25) is 4.79 Å². The van der Waals surface area contributed by atoms with Crippen LogP contribution < -0.4 is 5.32 Å². The smallest absolute Gasteiger partial charge is 0.317 e. The number of carbonyl (C=O) groups excluding carboxylic acids is 1. The van der Waals surface area contributed by atoms with E-state index in [0.717, 1.165) is 25.8 Å². The van der Waals surface area contributed by atoms with E-state index >= 15 is 0 Å². The average Bonchev–Trinajstić information content (AvgIpc) is 3.01. The van der Waals surface area contributed by atoms with Gasteiger partial charge in [0.05, 0.1) is 5.92 Å². The highest BCUT2D eigenvalue weighted by atomic mass is 16.4. The van der Waals surface area contributed by atoms with Gasteiger partial charge in [0.1, 0.15) is 0 Å². The van der Waals surface area contributed by atoms with Gasteiger partial charge in [0, 0.05) is 18.6 Å². The SMILES string of the molecule is CCN(C(=O)NC1CCC(C(=O)O)C1)C1CCCC1. The quantitative estimate of drug-likeness (QED) is 0.821.